The molecule has 39 heavy (non-hydrogen) atoms. The van der Waals surface area contributed by atoms with Crippen LogP contribution in [0.1, 0.15) is 45.7 Å². The van der Waals surface area contributed by atoms with E-state index in [2.05, 4.69) is 4.99 Å². The van der Waals surface area contributed by atoms with Crippen molar-refractivity contribution in [2.45, 2.75) is 20.5 Å². The van der Waals surface area contributed by atoms with Crippen molar-refractivity contribution < 1.29 is 34.1 Å². The van der Waals surface area contributed by atoms with Gasteiger partial charge in [-0.05, 0) is 85.3 Å². The molecule has 0 unspecified atom stereocenters. The van der Waals surface area contributed by atoms with Gasteiger partial charge in [0.15, 0.2) is 16.7 Å². The molecule has 0 radical (unpaired) electrons. The van der Waals surface area contributed by atoms with E-state index in [1.165, 1.54) is 36.0 Å². The highest BCUT2D eigenvalue weighted by Crippen LogP contribution is 2.36. The van der Waals surface area contributed by atoms with Crippen LogP contribution in [0.2, 0.25) is 0 Å². The van der Waals surface area contributed by atoms with Crippen LogP contribution in [0.3, 0.4) is 0 Å². The Morgan fingerprint density at radius 2 is 1.67 bits per heavy atom. The minimum atomic E-state index is -1.05. The van der Waals surface area contributed by atoms with Gasteiger partial charge in [0, 0.05) is 6.54 Å². The molecule has 3 aromatic carbocycles. The molecule has 1 aliphatic rings. The first-order valence-corrected chi connectivity index (χ1v) is 13.0. The zero-order chi connectivity index (χ0) is 27.9. The highest BCUT2D eigenvalue weighted by Gasteiger charge is 2.32. The van der Waals surface area contributed by atoms with Crippen LogP contribution in [0.15, 0.2) is 76.6 Å². The van der Waals surface area contributed by atoms with Crippen LogP contribution in [0, 0.1) is 0 Å². The number of hydrogen-bond donors (Lipinski definition) is 2. The van der Waals surface area contributed by atoms with E-state index in [9.17, 15) is 19.5 Å². The largest absolute Gasteiger partial charge is 0.490 e. The number of carbonyl (C=O) groups excluding carboxylic acids is 1. The Hall–Kier alpha value is -4.57. The molecule has 1 aliphatic heterocycles. The number of thioether (sulfide) groups is 1. The first-order valence-electron chi connectivity index (χ1n) is 12.1. The minimum Gasteiger partial charge on any atom is -0.490 e. The Kier molecular flexibility index (Phi) is 8.67. The molecule has 1 fully saturated rings. The monoisotopic (exact) mass is 546 g/mol. The van der Waals surface area contributed by atoms with Crippen molar-refractivity contribution in [2.75, 3.05) is 13.2 Å². The number of ether oxygens (including phenoxy) is 2. The molecular formula is C29H26N2O7S. The first kappa shape index (κ1) is 27.5. The maximum Gasteiger partial charge on any atom is 0.335 e. The third-order valence-corrected chi connectivity index (χ3v) is 6.69. The van der Waals surface area contributed by atoms with Crippen LogP contribution in [0.4, 0.5) is 5.69 Å². The van der Waals surface area contributed by atoms with Crippen molar-refractivity contribution in [3.8, 4) is 11.5 Å². The molecule has 0 bridgehead atoms. The molecule has 2 N–H and O–H groups in total. The van der Waals surface area contributed by atoms with Gasteiger partial charge in [0.25, 0.3) is 5.91 Å². The minimum absolute atomic E-state index is 0.119. The van der Waals surface area contributed by atoms with Gasteiger partial charge in [-0.3, -0.25) is 9.69 Å². The van der Waals surface area contributed by atoms with Gasteiger partial charge in [0.05, 0.1) is 28.3 Å². The number of hydrogen-bond acceptors (Lipinski definition) is 7. The molecule has 9 nitrogen and oxygen atoms in total. The van der Waals surface area contributed by atoms with E-state index in [1.54, 1.807) is 47.4 Å². The van der Waals surface area contributed by atoms with Gasteiger partial charge in [0.2, 0.25) is 0 Å². The number of likely N-dealkylation sites (N-methyl/N-ethyl adjacent to an activating group) is 1. The van der Waals surface area contributed by atoms with Gasteiger partial charge in [-0.2, -0.15) is 0 Å². The molecule has 1 heterocycles. The number of amidine groups is 1. The number of benzene rings is 3. The lowest BCUT2D eigenvalue weighted by Crippen LogP contribution is -2.28. The summed E-state index contributed by atoms with van der Waals surface area (Å²) in [4.78, 5) is 42.0. The molecule has 0 saturated carbocycles. The SMILES string of the molecule is CCOc1cc(/C=C2\SC(=Nc3cccc(C(=O)O)c3)N(CC)C2=O)ccc1OCc1ccc(C(=O)O)cc1. The van der Waals surface area contributed by atoms with E-state index >= 15 is 0 Å². The van der Waals surface area contributed by atoms with Crippen molar-refractivity contribution in [3.63, 3.8) is 0 Å². The molecule has 1 saturated heterocycles. The van der Waals surface area contributed by atoms with Gasteiger partial charge in [0.1, 0.15) is 6.61 Å². The lowest BCUT2D eigenvalue weighted by molar-refractivity contribution is -0.122. The maximum atomic E-state index is 13.1. The van der Waals surface area contributed by atoms with Crippen LogP contribution >= 0.6 is 11.8 Å². The zero-order valence-corrected chi connectivity index (χ0v) is 22.1. The van der Waals surface area contributed by atoms with E-state index in [4.69, 9.17) is 14.6 Å². The summed E-state index contributed by atoms with van der Waals surface area (Å²) in [5, 5.41) is 18.8. The second-order valence-corrected chi connectivity index (χ2v) is 9.35. The Balaban J connectivity index is 1.55. The summed E-state index contributed by atoms with van der Waals surface area (Å²) in [7, 11) is 0. The first-order chi connectivity index (χ1) is 18.8. The number of aromatic carboxylic acids is 2. The van der Waals surface area contributed by atoms with E-state index in [0.717, 1.165) is 11.1 Å². The number of carboxylic acid groups (broad SMARTS) is 2. The third kappa shape index (κ3) is 6.66. The summed E-state index contributed by atoms with van der Waals surface area (Å²) in [5.74, 6) is -1.20. The van der Waals surface area contributed by atoms with E-state index in [1.807, 2.05) is 19.9 Å². The van der Waals surface area contributed by atoms with Crippen LogP contribution in [0.5, 0.6) is 11.5 Å². The average molecular weight is 547 g/mol. The second kappa shape index (κ2) is 12.3. The van der Waals surface area contributed by atoms with Gasteiger partial charge < -0.3 is 19.7 Å². The molecule has 0 spiro atoms. The van der Waals surface area contributed by atoms with Crippen LogP contribution < -0.4 is 9.47 Å². The maximum absolute atomic E-state index is 13.1. The number of carboxylic acids is 2. The van der Waals surface area contributed by atoms with Crippen molar-refractivity contribution >= 4 is 46.5 Å². The van der Waals surface area contributed by atoms with Crippen LogP contribution in [0.25, 0.3) is 6.08 Å². The molecule has 3 aromatic rings. The smallest absolute Gasteiger partial charge is 0.335 e. The number of aliphatic imine (C=N–C) groups is 1. The summed E-state index contributed by atoms with van der Waals surface area (Å²) < 4.78 is 11.7. The van der Waals surface area contributed by atoms with Crippen molar-refractivity contribution in [1.29, 1.82) is 0 Å². The molecule has 0 aromatic heterocycles. The predicted octanol–water partition coefficient (Wildman–Crippen LogP) is 5.68. The average Bonchev–Trinajstić information content (AvgIpc) is 3.21. The standard InChI is InChI=1S/C29H26N2O7S/c1-3-31-26(32)25(39-29(31)30-22-7-5-6-21(16-22)28(35)36)15-19-10-13-23(24(14-19)37-4-2)38-17-18-8-11-20(12-9-18)27(33)34/h5-16H,3-4,17H2,1-2H3,(H,33,34)(H,35,36)/b25-15-,30-29?. The summed E-state index contributed by atoms with van der Waals surface area (Å²) in [5.41, 5.74) is 2.31. The quantitative estimate of drug-likeness (QED) is 0.311. The third-order valence-electron chi connectivity index (χ3n) is 5.68. The van der Waals surface area contributed by atoms with E-state index in [-0.39, 0.29) is 23.6 Å². The highest BCUT2D eigenvalue weighted by molar-refractivity contribution is 8.18. The van der Waals surface area contributed by atoms with Crippen molar-refractivity contribution in [2.24, 2.45) is 4.99 Å². The molecule has 0 atom stereocenters. The summed E-state index contributed by atoms with van der Waals surface area (Å²) in [6.07, 6.45) is 1.75. The second-order valence-electron chi connectivity index (χ2n) is 8.34. The van der Waals surface area contributed by atoms with E-state index < -0.39 is 11.9 Å². The Morgan fingerprint density at radius 3 is 2.33 bits per heavy atom. The lowest BCUT2D eigenvalue weighted by atomic mass is 10.1. The number of rotatable bonds is 10. The fraction of sp³-hybridized carbons (Fsp3) is 0.172. The Bertz CT molecular complexity index is 1460. The number of nitrogens with zero attached hydrogens (tertiary/aromatic N) is 2. The number of amides is 1. The summed E-state index contributed by atoms with van der Waals surface area (Å²) in [6.45, 7) is 4.75. The van der Waals surface area contributed by atoms with Crippen LogP contribution in [-0.4, -0.2) is 51.3 Å². The summed E-state index contributed by atoms with van der Waals surface area (Å²) >= 11 is 1.22. The molecule has 1 amide bonds. The Labute approximate surface area is 229 Å². The molecular weight excluding hydrogens is 520 g/mol. The van der Waals surface area contributed by atoms with Crippen molar-refractivity contribution in [3.05, 3.63) is 93.9 Å². The van der Waals surface area contributed by atoms with Gasteiger partial charge in [-0.1, -0.05) is 24.3 Å². The topological polar surface area (TPSA) is 126 Å². The van der Waals surface area contributed by atoms with E-state index in [0.29, 0.717) is 40.4 Å². The fourth-order valence-corrected chi connectivity index (χ4v) is 4.81. The van der Waals surface area contributed by atoms with Crippen molar-refractivity contribution in [1.82, 2.24) is 4.90 Å². The Morgan fingerprint density at radius 1 is 0.923 bits per heavy atom. The summed E-state index contributed by atoms with van der Waals surface area (Å²) in [6, 6.07) is 18.1. The molecule has 200 valence electrons. The normalized spacial score (nSPS) is 15.1. The number of carbonyl (C=O) groups is 3. The molecule has 0 aliphatic carbocycles. The molecule has 10 heteroatoms. The van der Waals surface area contributed by atoms with Gasteiger partial charge in [-0.25, -0.2) is 14.6 Å². The molecule has 4 rings (SSSR count). The predicted molar refractivity (Wildman–Crippen MR) is 149 cm³/mol. The van der Waals surface area contributed by atoms with Gasteiger partial charge >= 0.3 is 11.9 Å². The zero-order valence-electron chi connectivity index (χ0n) is 21.3. The fourth-order valence-electron chi connectivity index (χ4n) is 3.75. The van der Waals surface area contributed by atoms with Gasteiger partial charge in [-0.15, -0.1) is 0 Å². The van der Waals surface area contributed by atoms with Crippen LogP contribution in [-0.2, 0) is 11.4 Å². The highest BCUT2D eigenvalue weighted by atomic mass is 32.2. The lowest BCUT2D eigenvalue weighted by Gasteiger charge is -2.13.